The first-order chi connectivity index (χ1) is 39.0. The summed E-state index contributed by atoms with van der Waals surface area (Å²) >= 11 is 0. The molecule has 0 radical (unpaired) electrons. The largest absolute Gasteiger partial charge is 0.462 e. The van der Waals surface area contributed by atoms with Gasteiger partial charge in [0.2, 0.25) is 0 Å². The quantitative estimate of drug-likeness (QED) is 0.0261. The zero-order valence-corrected chi connectivity index (χ0v) is 51.9. The Morgan fingerprint density at radius 3 is 0.835 bits per heavy atom. The number of rotatable bonds is 60. The first kappa shape index (κ1) is 75.1. The highest BCUT2D eigenvalue weighted by Crippen LogP contribution is 2.16. The molecule has 0 saturated heterocycles. The van der Waals surface area contributed by atoms with Crippen molar-refractivity contribution in [2.75, 3.05) is 13.2 Å². The minimum Gasteiger partial charge on any atom is -0.462 e. The van der Waals surface area contributed by atoms with E-state index >= 15 is 0 Å². The molecule has 0 aromatic carbocycles. The number of ether oxygens (including phenoxy) is 3. The third-order valence-corrected chi connectivity index (χ3v) is 14.2. The van der Waals surface area contributed by atoms with Crippen LogP contribution in [-0.4, -0.2) is 37.2 Å². The lowest BCUT2D eigenvalue weighted by atomic mass is 10.0. The van der Waals surface area contributed by atoms with Crippen LogP contribution in [-0.2, 0) is 28.6 Å². The van der Waals surface area contributed by atoms with Crippen LogP contribution in [0, 0.1) is 0 Å². The van der Waals surface area contributed by atoms with E-state index < -0.39 is 6.10 Å². The van der Waals surface area contributed by atoms with E-state index in [0.29, 0.717) is 19.3 Å². The van der Waals surface area contributed by atoms with Gasteiger partial charge in [0.05, 0.1) is 0 Å². The maximum Gasteiger partial charge on any atom is 0.306 e. The molecule has 0 fully saturated rings. The Labute approximate surface area is 489 Å². The van der Waals surface area contributed by atoms with Crippen LogP contribution in [0.25, 0.3) is 0 Å². The van der Waals surface area contributed by atoms with Gasteiger partial charge in [-0.2, -0.15) is 0 Å². The Hall–Kier alpha value is -3.93. The number of esters is 3. The fourth-order valence-corrected chi connectivity index (χ4v) is 9.24. The molecule has 0 aromatic rings. The van der Waals surface area contributed by atoms with Gasteiger partial charge in [0.25, 0.3) is 0 Å². The van der Waals surface area contributed by atoms with E-state index in [2.05, 4.69) is 130 Å². The molecule has 452 valence electrons. The van der Waals surface area contributed by atoms with Crippen LogP contribution < -0.4 is 0 Å². The molecule has 0 aliphatic rings. The van der Waals surface area contributed by atoms with E-state index in [9.17, 15) is 14.4 Å². The molecular formula is C73H124O6. The van der Waals surface area contributed by atoms with Crippen LogP contribution in [0.4, 0.5) is 0 Å². The van der Waals surface area contributed by atoms with Crippen molar-refractivity contribution in [2.24, 2.45) is 0 Å². The summed E-state index contributed by atoms with van der Waals surface area (Å²) in [5.41, 5.74) is 0. The van der Waals surface area contributed by atoms with Crippen LogP contribution in [0.15, 0.2) is 109 Å². The predicted molar refractivity (Wildman–Crippen MR) is 343 cm³/mol. The highest BCUT2D eigenvalue weighted by molar-refractivity contribution is 5.71. The predicted octanol–water partition coefficient (Wildman–Crippen LogP) is 23.0. The molecule has 0 aliphatic heterocycles. The number of carbonyl (C=O) groups excluding carboxylic acids is 3. The lowest BCUT2D eigenvalue weighted by molar-refractivity contribution is -0.167. The van der Waals surface area contributed by atoms with Gasteiger partial charge in [-0.3, -0.25) is 14.4 Å². The second-order valence-electron chi connectivity index (χ2n) is 22.0. The molecule has 6 nitrogen and oxygen atoms in total. The Morgan fingerprint density at radius 2 is 0.519 bits per heavy atom. The van der Waals surface area contributed by atoms with Crippen LogP contribution >= 0.6 is 0 Å². The number of hydrogen-bond acceptors (Lipinski definition) is 6. The molecular weight excluding hydrogens is 973 g/mol. The summed E-state index contributed by atoms with van der Waals surface area (Å²) < 4.78 is 16.9. The zero-order chi connectivity index (χ0) is 57.1. The van der Waals surface area contributed by atoms with Crippen LogP contribution in [0.3, 0.4) is 0 Å². The van der Waals surface area contributed by atoms with Crippen molar-refractivity contribution in [1.82, 2.24) is 0 Å². The normalized spacial score (nSPS) is 12.8. The SMILES string of the molecule is CC/C=C\C/C=C\C/C=C\C/C=C\C/C=C\C/C=C\CCCCCCCCC(=O)OCC(COC(=O)CCCCCCC/C=C\C/C=C\CCC)OC(=O)CCCCCCCCCCCCC/C=C\CCCCCCCCCC. The summed E-state index contributed by atoms with van der Waals surface area (Å²) in [5, 5.41) is 0. The van der Waals surface area contributed by atoms with Crippen molar-refractivity contribution < 1.29 is 28.6 Å². The fraction of sp³-hybridized carbons (Fsp3) is 0.712. The van der Waals surface area contributed by atoms with E-state index in [1.807, 2.05) is 0 Å². The highest BCUT2D eigenvalue weighted by Gasteiger charge is 2.19. The fourth-order valence-electron chi connectivity index (χ4n) is 9.24. The van der Waals surface area contributed by atoms with E-state index in [1.54, 1.807) is 0 Å². The third kappa shape index (κ3) is 64.8. The van der Waals surface area contributed by atoms with E-state index in [4.69, 9.17) is 14.2 Å². The number of allylic oxidation sites excluding steroid dienone is 18. The molecule has 0 aromatic heterocycles. The molecule has 0 aliphatic carbocycles. The summed E-state index contributed by atoms with van der Waals surface area (Å²) in [6.07, 6.45) is 91.0. The Kier molecular flexibility index (Phi) is 63.3. The van der Waals surface area contributed by atoms with Gasteiger partial charge in [-0.1, -0.05) is 284 Å². The first-order valence-corrected chi connectivity index (χ1v) is 33.4. The third-order valence-electron chi connectivity index (χ3n) is 14.2. The second kappa shape index (κ2) is 66.6. The molecule has 0 rings (SSSR count). The van der Waals surface area contributed by atoms with Gasteiger partial charge >= 0.3 is 17.9 Å². The Bertz CT molecular complexity index is 1590. The van der Waals surface area contributed by atoms with Gasteiger partial charge in [-0.05, 0) is 122 Å². The smallest absolute Gasteiger partial charge is 0.306 e. The van der Waals surface area contributed by atoms with Gasteiger partial charge < -0.3 is 14.2 Å². The van der Waals surface area contributed by atoms with Crippen molar-refractivity contribution in [1.29, 1.82) is 0 Å². The molecule has 0 heterocycles. The van der Waals surface area contributed by atoms with Crippen molar-refractivity contribution in [3.63, 3.8) is 0 Å². The van der Waals surface area contributed by atoms with E-state index in [-0.39, 0.29) is 31.1 Å². The number of hydrogen-bond donors (Lipinski definition) is 0. The maximum absolute atomic E-state index is 12.9. The summed E-state index contributed by atoms with van der Waals surface area (Å²) in [4.78, 5) is 38.4. The summed E-state index contributed by atoms with van der Waals surface area (Å²) in [6, 6.07) is 0. The summed E-state index contributed by atoms with van der Waals surface area (Å²) in [7, 11) is 0. The topological polar surface area (TPSA) is 78.9 Å². The first-order valence-electron chi connectivity index (χ1n) is 33.4. The number of unbranched alkanes of at least 4 members (excludes halogenated alkanes) is 31. The van der Waals surface area contributed by atoms with Crippen LogP contribution in [0.1, 0.15) is 316 Å². The van der Waals surface area contributed by atoms with E-state index in [0.717, 1.165) is 141 Å². The zero-order valence-electron chi connectivity index (χ0n) is 51.9. The average Bonchev–Trinajstić information content (AvgIpc) is 3.45. The monoisotopic (exact) mass is 1100 g/mol. The average molecular weight is 1100 g/mol. The molecule has 0 bridgehead atoms. The van der Waals surface area contributed by atoms with E-state index in [1.165, 1.54) is 135 Å². The van der Waals surface area contributed by atoms with Crippen molar-refractivity contribution >= 4 is 17.9 Å². The van der Waals surface area contributed by atoms with Crippen LogP contribution in [0.2, 0.25) is 0 Å². The van der Waals surface area contributed by atoms with Gasteiger partial charge in [0.15, 0.2) is 6.10 Å². The second-order valence-corrected chi connectivity index (χ2v) is 22.0. The molecule has 0 amide bonds. The molecule has 79 heavy (non-hydrogen) atoms. The molecule has 0 N–H and O–H groups in total. The van der Waals surface area contributed by atoms with Crippen molar-refractivity contribution in [2.45, 2.75) is 322 Å². The Morgan fingerprint density at radius 1 is 0.266 bits per heavy atom. The minimum absolute atomic E-state index is 0.0904. The Balaban J connectivity index is 4.36. The van der Waals surface area contributed by atoms with Gasteiger partial charge in [-0.25, -0.2) is 0 Å². The molecule has 0 saturated carbocycles. The lowest BCUT2D eigenvalue weighted by Crippen LogP contribution is -2.30. The molecule has 0 spiro atoms. The summed E-state index contributed by atoms with van der Waals surface area (Å²) in [6.45, 7) is 6.46. The van der Waals surface area contributed by atoms with Crippen LogP contribution in [0.5, 0.6) is 0 Å². The molecule has 6 heteroatoms. The molecule has 1 unspecified atom stereocenters. The minimum atomic E-state index is -0.794. The number of carbonyl (C=O) groups is 3. The van der Waals surface area contributed by atoms with Gasteiger partial charge in [0.1, 0.15) is 13.2 Å². The highest BCUT2D eigenvalue weighted by atomic mass is 16.6. The maximum atomic E-state index is 12.9. The van der Waals surface area contributed by atoms with Gasteiger partial charge in [-0.15, -0.1) is 0 Å². The van der Waals surface area contributed by atoms with Crippen molar-refractivity contribution in [3.05, 3.63) is 109 Å². The lowest BCUT2D eigenvalue weighted by Gasteiger charge is -2.18. The van der Waals surface area contributed by atoms with Gasteiger partial charge in [0, 0.05) is 19.3 Å². The summed E-state index contributed by atoms with van der Waals surface area (Å²) in [5.74, 6) is -0.910. The standard InChI is InChI=1S/C73H124O6/c1-4-7-10-13-16-19-22-25-27-29-31-33-35-36-38-39-41-43-45-48-51-54-57-60-63-66-72(75)78-69-70(68-77-71(74)65-62-59-56-53-50-47-24-21-18-15-12-9-6-3)79-73(76)67-64-61-58-55-52-49-46-44-42-40-37-34-32-30-28-26-23-20-17-14-11-8-5-2/h7,10,12,15-16,19,21,24-25,27,30-33,36,38,41,43,70H,4-6,8-9,11,13-14,17-18,20,22-23,26,28-29,34-35,37,39-40,42,44-69H2,1-3H3/b10-7-,15-12-,19-16-,24-21-,27-25-,32-30-,33-31-,38-36-,43-41-. The molecule has 1 atom stereocenters. The van der Waals surface area contributed by atoms with Crippen molar-refractivity contribution in [3.8, 4) is 0 Å².